The third kappa shape index (κ3) is 1.48. The van der Waals surface area contributed by atoms with Crippen LogP contribution in [-0.2, 0) is 7.05 Å². The van der Waals surface area contributed by atoms with E-state index < -0.39 is 6.10 Å². The Hall–Kier alpha value is -1.55. The van der Waals surface area contributed by atoms with E-state index >= 15 is 0 Å². The third-order valence-corrected chi connectivity index (χ3v) is 1.85. The molecule has 0 bridgehead atoms. The fraction of sp³-hybridized carbons (Fsp3) is 0.222. The Morgan fingerprint density at radius 1 is 1.62 bits per heavy atom. The van der Waals surface area contributed by atoms with Crippen LogP contribution < -0.4 is 0 Å². The highest BCUT2D eigenvalue weighted by Gasteiger charge is 2.14. The number of rotatable bonds is 2. The highest BCUT2D eigenvalue weighted by atomic mass is 16.4. The number of aromatic nitrogens is 2. The van der Waals surface area contributed by atoms with Crippen LogP contribution in [0.25, 0.3) is 0 Å². The second-order valence-electron chi connectivity index (χ2n) is 2.87. The zero-order valence-electron chi connectivity index (χ0n) is 7.21. The van der Waals surface area contributed by atoms with Gasteiger partial charge in [-0.2, -0.15) is 5.10 Å². The molecule has 0 aliphatic heterocycles. The summed E-state index contributed by atoms with van der Waals surface area (Å²) in [5.41, 5.74) is 0.734. The maximum atomic E-state index is 9.75. The van der Waals surface area contributed by atoms with Gasteiger partial charge in [-0.1, -0.05) is 0 Å². The molecule has 0 amide bonds. The Morgan fingerprint density at radius 2 is 2.46 bits per heavy atom. The summed E-state index contributed by atoms with van der Waals surface area (Å²) in [7, 11) is 1.80. The van der Waals surface area contributed by atoms with E-state index in [0.717, 1.165) is 5.56 Å². The summed E-state index contributed by atoms with van der Waals surface area (Å²) in [6, 6.07) is 3.48. The van der Waals surface area contributed by atoms with Crippen LogP contribution >= 0.6 is 0 Å². The summed E-state index contributed by atoms with van der Waals surface area (Å²) < 4.78 is 6.71. The van der Waals surface area contributed by atoms with Gasteiger partial charge in [-0.05, 0) is 12.1 Å². The van der Waals surface area contributed by atoms with Crippen LogP contribution in [0.2, 0.25) is 0 Å². The maximum Gasteiger partial charge on any atom is 0.140 e. The Bertz CT molecular complexity index is 378. The number of furan rings is 1. The molecule has 0 radical (unpaired) electrons. The van der Waals surface area contributed by atoms with Gasteiger partial charge in [-0.25, -0.2) is 0 Å². The van der Waals surface area contributed by atoms with Gasteiger partial charge in [0.15, 0.2) is 0 Å². The standard InChI is InChI=1S/C9H10N2O2/c1-11-6-7(5-10-11)9(12)8-3-2-4-13-8/h2-6,9,12H,1H3. The van der Waals surface area contributed by atoms with Gasteiger partial charge in [0.2, 0.25) is 0 Å². The average Bonchev–Trinajstić information content (AvgIpc) is 2.72. The lowest BCUT2D eigenvalue weighted by Crippen LogP contribution is -1.95. The second kappa shape index (κ2) is 3.06. The lowest BCUT2D eigenvalue weighted by molar-refractivity contribution is 0.189. The molecule has 2 aromatic heterocycles. The van der Waals surface area contributed by atoms with Crippen molar-refractivity contribution in [1.29, 1.82) is 0 Å². The molecule has 2 heterocycles. The van der Waals surface area contributed by atoms with E-state index in [1.807, 2.05) is 0 Å². The van der Waals surface area contributed by atoms with Gasteiger partial charge in [0.1, 0.15) is 11.9 Å². The smallest absolute Gasteiger partial charge is 0.140 e. The van der Waals surface area contributed by atoms with Gasteiger partial charge in [-0.3, -0.25) is 4.68 Å². The molecule has 4 nitrogen and oxygen atoms in total. The van der Waals surface area contributed by atoms with Crippen molar-refractivity contribution in [2.24, 2.45) is 7.05 Å². The fourth-order valence-corrected chi connectivity index (χ4v) is 1.19. The predicted molar refractivity (Wildman–Crippen MR) is 46.0 cm³/mol. The Balaban J connectivity index is 2.28. The molecule has 0 spiro atoms. The van der Waals surface area contributed by atoms with Crippen molar-refractivity contribution in [1.82, 2.24) is 9.78 Å². The van der Waals surface area contributed by atoms with Crippen molar-refractivity contribution in [3.05, 3.63) is 42.1 Å². The first kappa shape index (κ1) is 8.07. The second-order valence-corrected chi connectivity index (χ2v) is 2.87. The van der Waals surface area contributed by atoms with Crippen molar-refractivity contribution >= 4 is 0 Å². The van der Waals surface area contributed by atoms with Gasteiger partial charge >= 0.3 is 0 Å². The molecule has 1 atom stereocenters. The normalized spacial score (nSPS) is 13.1. The quantitative estimate of drug-likeness (QED) is 0.749. The molecule has 68 valence electrons. The predicted octanol–water partition coefficient (Wildman–Crippen LogP) is 1.09. The SMILES string of the molecule is Cn1cc(C(O)c2ccco2)cn1. The van der Waals surface area contributed by atoms with Crippen LogP contribution in [-0.4, -0.2) is 14.9 Å². The highest BCUT2D eigenvalue weighted by Crippen LogP contribution is 2.20. The zero-order valence-corrected chi connectivity index (χ0v) is 7.21. The molecule has 0 aliphatic carbocycles. The molecule has 0 fully saturated rings. The molecule has 0 aliphatic rings. The summed E-state index contributed by atoms with van der Waals surface area (Å²) >= 11 is 0. The minimum absolute atomic E-state index is 0.535. The molecule has 4 heteroatoms. The number of aliphatic hydroxyl groups is 1. The molecule has 0 aromatic carbocycles. The van der Waals surface area contributed by atoms with E-state index in [0.29, 0.717) is 5.76 Å². The van der Waals surface area contributed by atoms with E-state index in [4.69, 9.17) is 4.42 Å². The number of aryl methyl sites for hydroxylation is 1. The summed E-state index contributed by atoms with van der Waals surface area (Å²) in [6.45, 7) is 0. The van der Waals surface area contributed by atoms with Crippen LogP contribution in [0.3, 0.4) is 0 Å². The van der Waals surface area contributed by atoms with Gasteiger partial charge in [-0.15, -0.1) is 0 Å². The molecule has 0 saturated heterocycles. The molecule has 2 aromatic rings. The molecular formula is C9H10N2O2. The first-order valence-corrected chi connectivity index (χ1v) is 3.97. The van der Waals surface area contributed by atoms with Crippen LogP contribution in [0, 0.1) is 0 Å². The van der Waals surface area contributed by atoms with E-state index in [9.17, 15) is 5.11 Å². The molecular weight excluding hydrogens is 168 g/mol. The molecule has 1 unspecified atom stereocenters. The minimum atomic E-state index is -0.719. The topological polar surface area (TPSA) is 51.2 Å². The first-order valence-electron chi connectivity index (χ1n) is 3.97. The largest absolute Gasteiger partial charge is 0.466 e. The van der Waals surface area contributed by atoms with Crippen LogP contribution in [0.5, 0.6) is 0 Å². The minimum Gasteiger partial charge on any atom is -0.466 e. The van der Waals surface area contributed by atoms with Crippen molar-refractivity contribution < 1.29 is 9.52 Å². The Morgan fingerprint density at radius 3 is 3.00 bits per heavy atom. The van der Waals surface area contributed by atoms with Crippen LogP contribution in [0.1, 0.15) is 17.4 Å². The summed E-state index contributed by atoms with van der Waals surface area (Å²) in [4.78, 5) is 0. The molecule has 2 rings (SSSR count). The molecule has 0 saturated carbocycles. The first-order chi connectivity index (χ1) is 6.27. The summed E-state index contributed by atoms with van der Waals surface area (Å²) in [5.74, 6) is 0.535. The maximum absolute atomic E-state index is 9.75. The Labute approximate surface area is 75.4 Å². The van der Waals surface area contributed by atoms with E-state index in [1.165, 1.54) is 6.26 Å². The summed E-state index contributed by atoms with van der Waals surface area (Å²) in [6.07, 6.45) is 4.19. The molecule has 1 N–H and O–H groups in total. The Kier molecular flexibility index (Phi) is 1.90. The van der Waals surface area contributed by atoms with Crippen molar-refractivity contribution in [3.63, 3.8) is 0 Å². The monoisotopic (exact) mass is 178 g/mol. The van der Waals surface area contributed by atoms with Gasteiger partial charge in [0.25, 0.3) is 0 Å². The summed E-state index contributed by atoms with van der Waals surface area (Å²) in [5, 5.41) is 13.7. The number of aliphatic hydroxyl groups excluding tert-OH is 1. The zero-order chi connectivity index (χ0) is 9.26. The average molecular weight is 178 g/mol. The van der Waals surface area contributed by atoms with Gasteiger partial charge in [0, 0.05) is 18.8 Å². The van der Waals surface area contributed by atoms with Crippen LogP contribution in [0.4, 0.5) is 0 Å². The van der Waals surface area contributed by atoms with Gasteiger partial charge < -0.3 is 9.52 Å². The number of hydrogen-bond acceptors (Lipinski definition) is 3. The van der Waals surface area contributed by atoms with Crippen molar-refractivity contribution in [2.45, 2.75) is 6.10 Å². The lowest BCUT2D eigenvalue weighted by atomic mass is 10.1. The highest BCUT2D eigenvalue weighted by molar-refractivity contribution is 5.18. The molecule has 13 heavy (non-hydrogen) atoms. The number of nitrogens with zero attached hydrogens (tertiary/aromatic N) is 2. The van der Waals surface area contributed by atoms with E-state index in [-0.39, 0.29) is 0 Å². The third-order valence-electron chi connectivity index (χ3n) is 1.85. The van der Waals surface area contributed by atoms with Gasteiger partial charge in [0.05, 0.1) is 12.5 Å². The lowest BCUT2D eigenvalue weighted by Gasteiger charge is -2.02. The van der Waals surface area contributed by atoms with Crippen molar-refractivity contribution in [2.75, 3.05) is 0 Å². The van der Waals surface area contributed by atoms with E-state index in [1.54, 1.807) is 36.3 Å². The van der Waals surface area contributed by atoms with Crippen molar-refractivity contribution in [3.8, 4) is 0 Å². The van der Waals surface area contributed by atoms with E-state index in [2.05, 4.69) is 5.10 Å². The van der Waals surface area contributed by atoms with Crippen LogP contribution in [0.15, 0.2) is 35.2 Å². The number of hydrogen-bond donors (Lipinski definition) is 1. The fourth-order valence-electron chi connectivity index (χ4n) is 1.19.